The van der Waals surface area contributed by atoms with Crippen LogP contribution in [0.2, 0.25) is 0 Å². The molecular weight excluding hydrogens is 380 g/mol. The van der Waals surface area contributed by atoms with Crippen molar-refractivity contribution in [1.82, 2.24) is 8.87 Å². The summed E-state index contributed by atoms with van der Waals surface area (Å²) in [7, 11) is -3.20. The zero-order valence-corrected chi connectivity index (χ0v) is 17.3. The molecule has 5 heteroatoms. The van der Waals surface area contributed by atoms with Gasteiger partial charge in [0.25, 0.3) is 0 Å². The normalized spacial score (nSPS) is 16.1. The van der Waals surface area contributed by atoms with Crippen LogP contribution in [0.25, 0.3) is 10.9 Å². The molecule has 1 aromatic heterocycles. The molecule has 1 aliphatic rings. The van der Waals surface area contributed by atoms with Gasteiger partial charge in [-0.15, -0.1) is 6.42 Å². The van der Waals surface area contributed by atoms with Crippen LogP contribution in [0.1, 0.15) is 24.0 Å². The molecule has 150 valence electrons. The highest BCUT2D eigenvalue weighted by atomic mass is 32.2. The van der Waals surface area contributed by atoms with Crippen LogP contribution in [0.4, 0.5) is 0 Å². The number of rotatable bonds is 6. The van der Waals surface area contributed by atoms with Gasteiger partial charge in [-0.05, 0) is 55.0 Å². The molecule has 0 amide bonds. The maximum absolute atomic E-state index is 12.7. The highest BCUT2D eigenvalue weighted by Crippen LogP contribution is 2.25. The van der Waals surface area contributed by atoms with Crippen molar-refractivity contribution in [3.63, 3.8) is 0 Å². The Morgan fingerprint density at radius 1 is 1.03 bits per heavy atom. The maximum Gasteiger partial charge on any atom is 0.214 e. The molecule has 3 aromatic rings. The van der Waals surface area contributed by atoms with Crippen LogP contribution in [0, 0.1) is 18.3 Å². The summed E-state index contributed by atoms with van der Waals surface area (Å²) in [6, 6.07) is 18.0. The Kier molecular flexibility index (Phi) is 5.75. The molecule has 4 nitrogen and oxygen atoms in total. The Morgan fingerprint density at radius 2 is 1.79 bits per heavy atom. The minimum atomic E-state index is -3.20. The molecule has 1 aliphatic heterocycles. The fraction of sp³-hybridized carbons (Fsp3) is 0.333. The number of benzene rings is 2. The molecule has 0 bridgehead atoms. The molecular formula is C24H26N2O2S. The van der Waals surface area contributed by atoms with E-state index in [4.69, 9.17) is 6.42 Å². The molecule has 0 spiro atoms. The van der Waals surface area contributed by atoms with Crippen molar-refractivity contribution < 1.29 is 8.42 Å². The van der Waals surface area contributed by atoms with E-state index in [9.17, 15) is 8.42 Å². The lowest BCUT2D eigenvalue weighted by Crippen LogP contribution is -2.40. The smallest absolute Gasteiger partial charge is 0.214 e. The number of piperidine rings is 1. The van der Waals surface area contributed by atoms with E-state index in [2.05, 4.69) is 28.8 Å². The van der Waals surface area contributed by atoms with Gasteiger partial charge in [-0.3, -0.25) is 0 Å². The number of terminal acetylenes is 1. The lowest BCUT2D eigenvalue weighted by molar-refractivity contribution is 0.255. The first-order valence-corrected chi connectivity index (χ1v) is 11.7. The zero-order chi connectivity index (χ0) is 20.3. The predicted octanol–water partition coefficient (Wildman–Crippen LogP) is 3.91. The van der Waals surface area contributed by atoms with Crippen LogP contribution in [0.15, 0.2) is 60.8 Å². The summed E-state index contributed by atoms with van der Waals surface area (Å²) in [5.74, 6) is 3.34. The number of nitrogens with zero attached hydrogens (tertiary/aromatic N) is 2. The summed E-state index contributed by atoms with van der Waals surface area (Å²) in [6.45, 7) is 2.14. The SMILES string of the molecule is C#Cc1ccc2c(ccn2CC2CCN(S(=O)(=O)CCc3ccccc3)CC2)c1. The molecule has 0 aliphatic carbocycles. The average Bonchev–Trinajstić information content (AvgIpc) is 3.15. The summed E-state index contributed by atoms with van der Waals surface area (Å²) in [5, 5.41) is 1.15. The van der Waals surface area contributed by atoms with Gasteiger partial charge in [0.05, 0.1) is 5.75 Å². The van der Waals surface area contributed by atoms with Gasteiger partial charge in [0.15, 0.2) is 0 Å². The Hall–Kier alpha value is -2.55. The molecule has 0 atom stereocenters. The lowest BCUT2D eigenvalue weighted by atomic mass is 9.98. The van der Waals surface area contributed by atoms with Gasteiger partial charge in [0.2, 0.25) is 10.0 Å². The van der Waals surface area contributed by atoms with Crippen molar-refractivity contribution in [3.8, 4) is 12.3 Å². The number of aryl methyl sites for hydroxylation is 1. The molecule has 1 saturated heterocycles. The van der Waals surface area contributed by atoms with Crippen molar-refractivity contribution in [2.75, 3.05) is 18.8 Å². The first-order valence-electron chi connectivity index (χ1n) is 10.1. The summed E-state index contributed by atoms with van der Waals surface area (Å²) >= 11 is 0. The van der Waals surface area contributed by atoms with E-state index in [1.807, 2.05) is 42.5 Å². The monoisotopic (exact) mass is 406 g/mol. The van der Waals surface area contributed by atoms with E-state index in [0.717, 1.165) is 35.9 Å². The summed E-state index contributed by atoms with van der Waals surface area (Å²) in [5.41, 5.74) is 3.14. The van der Waals surface area contributed by atoms with Crippen molar-refractivity contribution >= 4 is 20.9 Å². The minimum Gasteiger partial charge on any atom is -0.347 e. The number of hydrogen-bond acceptors (Lipinski definition) is 2. The Labute approximate surface area is 173 Å². The Balaban J connectivity index is 1.34. The van der Waals surface area contributed by atoms with Crippen LogP contribution in [-0.4, -0.2) is 36.1 Å². The number of hydrogen-bond donors (Lipinski definition) is 0. The van der Waals surface area contributed by atoms with Gasteiger partial charge in [-0.1, -0.05) is 36.3 Å². The Morgan fingerprint density at radius 3 is 2.52 bits per heavy atom. The van der Waals surface area contributed by atoms with Crippen molar-refractivity contribution in [1.29, 1.82) is 0 Å². The van der Waals surface area contributed by atoms with E-state index in [0.29, 0.717) is 25.4 Å². The van der Waals surface area contributed by atoms with E-state index in [1.165, 1.54) is 5.52 Å². The van der Waals surface area contributed by atoms with Crippen LogP contribution in [0.3, 0.4) is 0 Å². The van der Waals surface area contributed by atoms with Gasteiger partial charge < -0.3 is 4.57 Å². The summed E-state index contributed by atoms with van der Waals surface area (Å²) < 4.78 is 29.4. The first-order chi connectivity index (χ1) is 14.0. The van der Waals surface area contributed by atoms with E-state index in [1.54, 1.807) is 4.31 Å². The fourth-order valence-electron chi connectivity index (χ4n) is 4.12. The lowest BCUT2D eigenvalue weighted by Gasteiger charge is -2.31. The topological polar surface area (TPSA) is 42.3 Å². The van der Waals surface area contributed by atoms with E-state index < -0.39 is 10.0 Å². The van der Waals surface area contributed by atoms with Gasteiger partial charge in [0, 0.05) is 42.3 Å². The van der Waals surface area contributed by atoms with Gasteiger partial charge in [0.1, 0.15) is 0 Å². The third-order valence-electron chi connectivity index (χ3n) is 5.85. The molecule has 0 unspecified atom stereocenters. The van der Waals surface area contributed by atoms with E-state index >= 15 is 0 Å². The minimum absolute atomic E-state index is 0.182. The molecule has 4 rings (SSSR count). The number of sulfonamides is 1. The molecule has 0 radical (unpaired) electrons. The summed E-state index contributed by atoms with van der Waals surface area (Å²) in [6.07, 6.45) is 9.95. The zero-order valence-electron chi connectivity index (χ0n) is 16.5. The van der Waals surface area contributed by atoms with Crippen LogP contribution < -0.4 is 0 Å². The molecule has 1 fully saturated rings. The second kappa shape index (κ2) is 8.44. The molecule has 0 saturated carbocycles. The number of fused-ring (bicyclic) bond motifs is 1. The van der Waals surface area contributed by atoms with Gasteiger partial charge in [-0.2, -0.15) is 0 Å². The quantitative estimate of drug-likeness (QED) is 0.583. The third kappa shape index (κ3) is 4.55. The second-order valence-corrected chi connectivity index (χ2v) is 9.87. The van der Waals surface area contributed by atoms with Crippen molar-refractivity contribution in [2.24, 2.45) is 5.92 Å². The molecule has 2 heterocycles. The van der Waals surface area contributed by atoms with Crippen LogP contribution in [0.5, 0.6) is 0 Å². The average molecular weight is 407 g/mol. The summed E-state index contributed by atoms with van der Waals surface area (Å²) in [4.78, 5) is 0. The van der Waals surface area contributed by atoms with E-state index in [-0.39, 0.29) is 5.75 Å². The van der Waals surface area contributed by atoms with Crippen LogP contribution in [-0.2, 0) is 23.0 Å². The van der Waals surface area contributed by atoms with Gasteiger partial charge >= 0.3 is 0 Å². The first kappa shape index (κ1) is 19.8. The standard InChI is InChI=1S/C24H26N2O2S/c1-2-20-8-9-24-23(18-20)12-14-25(24)19-22-10-15-26(16-11-22)29(27,28)17-13-21-6-4-3-5-7-21/h1,3-9,12,14,18,22H,10-11,13,15-17,19H2. The van der Waals surface area contributed by atoms with Gasteiger partial charge in [-0.25, -0.2) is 12.7 Å². The fourth-order valence-corrected chi connectivity index (χ4v) is 5.64. The molecule has 0 N–H and O–H groups in total. The molecule has 2 aromatic carbocycles. The predicted molar refractivity (Wildman–Crippen MR) is 118 cm³/mol. The molecule has 29 heavy (non-hydrogen) atoms. The highest BCUT2D eigenvalue weighted by molar-refractivity contribution is 7.89. The van der Waals surface area contributed by atoms with Crippen molar-refractivity contribution in [2.45, 2.75) is 25.8 Å². The largest absolute Gasteiger partial charge is 0.347 e. The van der Waals surface area contributed by atoms with Crippen molar-refractivity contribution in [3.05, 3.63) is 71.9 Å². The maximum atomic E-state index is 12.7. The number of aromatic nitrogens is 1. The highest BCUT2D eigenvalue weighted by Gasteiger charge is 2.28. The Bertz CT molecular complexity index is 1120. The van der Waals surface area contributed by atoms with Crippen LogP contribution >= 0.6 is 0 Å². The second-order valence-electron chi connectivity index (χ2n) is 7.78. The third-order valence-corrected chi connectivity index (χ3v) is 7.72.